The number of aromatic nitrogens is 3. The number of nitrogens with one attached hydrogen (secondary N) is 1. The lowest BCUT2D eigenvalue weighted by Crippen LogP contribution is -2.24. The molecular formula is C25H30N4O. The first-order chi connectivity index (χ1) is 14.1. The minimum atomic E-state index is -0.236. The van der Waals surface area contributed by atoms with Gasteiger partial charge < -0.3 is 5.32 Å². The Morgan fingerprint density at radius 2 is 1.93 bits per heavy atom. The predicted octanol–water partition coefficient (Wildman–Crippen LogP) is 5.37. The summed E-state index contributed by atoms with van der Waals surface area (Å²) in [4.78, 5) is 21.4. The van der Waals surface area contributed by atoms with Crippen molar-refractivity contribution in [3.05, 3.63) is 77.4 Å². The minimum absolute atomic E-state index is 0.196. The van der Waals surface area contributed by atoms with Crippen molar-refractivity contribution >= 4 is 23.3 Å². The maximum absolute atomic E-state index is 12.7. The Balaban J connectivity index is 1.73. The van der Waals surface area contributed by atoms with Crippen molar-refractivity contribution in [2.45, 2.75) is 47.6 Å². The van der Waals surface area contributed by atoms with E-state index >= 15 is 0 Å². The van der Waals surface area contributed by atoms with Crippen molar-refractivity contribution in [1.82, 2.24) is 19.7 Å². The first-order valence-corrected chi connectivity index (χ1v) is 10.1. The summed E-state index contributed by atoms with van der Waals surface area (Å²) in [6.07, 6.45) is 4.51. The van der Waals surface area contributed by atoms with Gasteiger partial charge in [0.25, 0.3) is 5.91 Å². The van der Waals surface area contributed by atoms with E-state index in [0.29, 0.717) is 18.0 Å². The maximum atomic E-state index is 12.7. The van der Waals surface area contributed by atoms with E-state index < -0.39 is 0 Å². The molecule has 0 bridgehead atoms. The fraction of sp³-hybridized carbons (Fsp3) is 0.320. The number of nitrogens with zero attached hydrogens (tertiary/aromatic N) is 3. The first kappa shape index (κ1) is 21.5. The molecule has 30 heavy (non-hydrogen) atoms. The van der Waals surface area contributed by atoms with Crippen LogP contribution >= 0.6 is 0 Å². The molecule has 0 saturated heterocycles. The van der Waals surface area contributed by atoms with Gasteiger partial charge in [0, 0.05) is 12.7 Å². The molecule has 0 saturated carbocycles. The fourth-order valence-electron chi connectivity index (χ4n) is 3.62. The summed E-state index contributed by atoms with van der Waals surface area (Å²) < 4.78 is 1.83. The summed E-state index contributed by atoms with van der Waals surface area (Å²) in [5, 5.41) is 2.96. The average Bonchev–Trinajstić information content (AvgIpc) is 3.03. The van der Waals surface area contributed by atoms with Gasteiger partial charge in [0.15, 0.2) is 0 Å². The highest BCUT2D eigenvalue weighted by Gasteiger charge is 2.15. The highest BCUT2D eigenvalue weighted by molar-refractivity contribution is 5.93. The van der Waals surface area contributed by atoms with E-state index in [-0.39, 0.29) is 11.3 Å². The summed E-state index contributed by atoms with van der Waals surface area (Å²) in [5.74, 6) is 0.257. The van der Waals surface area contributed by atoms with Gasteiger partial charge in [0.1, 0.15) is 5.69 Å². The molecule has 3 aromatic rings. The van der Waals surface area contributed by atoms with Crippen molar-refractivity contribution in [2.75, 3.05) is 0 Å². The van der Waals surface area contributed by atoms with Crippen LogP contribution in [0.2, 0.25) is 0 Å². The number of aryl methyl sites for hydroxylation is 2. The number of rotatable bonds is 6. The lowest BCUT2D eigenvalue weighted by molar-refractivity contribution is 0.0946. The second-order valence-electron chi connectivity index (χ2n) is 9.00. The first-order valence-electron chi connectivity index (χ1n) is 10.1. The van der Waals surface area contributed by atoms with Gasteiger partial charge in [0.2, 0.25) is 5.78 Å². The molecule has 0 unspecified atom stereocenters. The van der Waals surface area contributed by atoms with Crippen LogP contribution in [0.5, 0.6) is 0 Å². The van der Waals surface area contributed by atoms with Crippen molar-refractivity contribution in [1.29, 1.82) is 0 Å². The molecule has 3 rings (SSSR count). The number of carbonyl (C=O) groups excluding carboxylic acids is 1. The fourth-order valence-corrected chi connectivity index (χ4v) is 3.62. The van der Waals surface area contributed by atoms with Gasteiger partial charge in [-0.15, -0.1) is 0 Å². The van der Waals surface area contributed by atoms with E-state index in [1.165, 1.54) is 5.56 Å². The normalized spacial score (nSPS) is 11.5. The minimum Gasteiger partial charge on any atom is -0.347 e. The second kappa shape index (κ2) is 8.27. The third-order valence-electron chi connectivity index (χ3n) is 4.90. The van der Waals surface area contributed by atoms with Crippen LogP contribution in [-0.4, -0.2) is 20.3 Å². The lowest BCUT2D eigenvalue weighted by Gasteiger charge is -2.21. The Hall–Kier alpha value is -3.21. The number of benzene rings is 1. The Morgan fingerprint density at radius 3 is 2.57 bits per heavy atom. The van der Waals surface area contributed by atoms with Gasteiger partial charge in [-0.25, -0.2) is 9.97 Å². The SMILES string of the molecule is C=Cc1cc(C(=O)NCc2ccc(C(=C)CC(C)(C)C)c(C)c2)nc2nc(C)cn12. The average molecular weight is 403 g/mol. The molecule has 0 fully saturated rings. The Labute approximate surface area is 178 Å². The van der Waals surface area contributed by atoms with Gasteiger partial charge in [-0.3, -0.25) is 9.20 Å². The van der Waals surface area contributed by atoms with Crippen LogP contribution in [0.4, 0.5) is 0 Å². The van der Waals surface area contributed by atoms with E-state index in [2.05, 4.69) is 68.3 Å². The van der Waals surface area contributed by atoms with Crippen LogP contribution < -0.4 is 5.32 Å². The molecule has 0 atom stereocenters. The second-order valence-corrected chi connectivity index (χ2v) is 9.00. The molecule has 0 aliphatic rings. The van der Waals surface area contributed by atoms with Gasteiger partial charge in [0.05, 0.1) is 11.4 Å². The standard InChI is InChI=1S/C25H30N4O/c1-8-20-12-22(28-24-27-18(4)15-29(20)24)23(30)26-14-19-9-10-21(16(2)11-19)17(3)13-25(5,6)7/h8-12,15H,1,3,13-14H2,2,4-7H3,(H,26,30). The summed E-state index contributed by atoms with van der Waals surface area (Å²) in [6.45, 7) is 19.1. The summed E-state index contributed by atoms with van der Waals surface area (Å²) in [7, 11) is 0. The molecule has 2 aromatic heterocycles. The molecular weight excluding hydrogens is 372 g/mol. The molecule has 0 radical (unpaired) electrons. The highest BCUT2D eigenvalue weighted by Crippen LogP contribution is 2.30. The Morgan fingerprint density at radius 1 is 1.20 bits per heavy atom. The van der Waals surface area contributed by atoms with Crippen LogP contribution in [0.1, 0.15) is 65.8 Å². The van der Waals surface area contributed by atoms with Gasteiger partial charge in [-0.1, -0.05) is 52.1 Å². The molecule has 0 aliphatic heterocycles. The number of hydrogen-bond acceptors (Lipinski definition) is 3. The van der Waals surface area contributed by atoms with E-state index in [1.54, 1.807) is 12.1 Å². The molecule has 156 valence electrons. The molecule has 0 aliphatic carbocycles. The number of carbonyl (C=O) groups is 1. The van der Waals surface area contributed by atoms with Gasteiger partial charge >= 0.3 is 0 Å². The van der Waals surface area contributed by atoms with Crippen LogP contribution in [-0.2, 0) is 6.54 Å². The summed E-state index contributed by atoms with van der Waals surface area (Å²) >= 11 is 0. The van der Waals surface area contributed by atoms with Crippen LogP contribution in [0, 0.1) is 19.3 Å². The zero-order valence-corrected chi connectivity index (χ0v) is 18.5. The third kappa shape index (κ3) is 4.85. The predicted molar refractivity (Wildman–Crippen MR) is 123 cm³/mol. The third-order valence-corrected chi connectivity index (χ3v) is 4.90. The largest absolute Gasteiger partial charge is 0.347 e. The van der Waals surface area contributed by atoms with Crippen LogP contribution in [0.3, 0.4) is 0 Å². The molecule has 0 spiro atoms. The van der Waals surface area contributed by atoms with Crippen LogP contribution in [0.15, 0.2) is 43.6 Å². The van der Waals surface area contributed by atoms with E-state index in [1.807, 2.05) is 23.6 Å². The Kier molecular flexibility index (Phi) is 5.92. The lowest BCUT2D eigenvalue weighted by atomic mass is 9.84. The topological polar surface area (TPSA) is 59.3 Å². The molecule has 1 amide bonds. The van der Waals surface area contributed by atoms with E-state index in [0.717, 1.165) is 34.5 Å². The molecule has 5 nitrogen and oxygen atoms in total. The maximum Gasteiger partial charge on any atom is 0.270 e. The number of imidazole rings is 1. The van der Waals surface area contributed by atoms with Gasteiger partial charge in [-0.05, 0) is 60.1 Å². The molecule has 1 aromatic carbocycles. The molecule has 5 heteroatoms. The quantitative estimate of drug-likeness (QED) is 0.603. The molecule has 2 heterocycles. The van der Waals surface area contributed by atoms with E-state index in [4.69, 9.17) is 0 Å². The zero-order valence-electron chi connectivity index (χ0n) is 18.5. The summed E-state index contributed by atoms with van der Waals surface area (Å²) in [6, 6.07) is 7.97. The molecule has 1 N–H and O–H groups in total. The van der Waals surface area contributed by atoms with Crippen molar-refractivity contribution in [2.24, 2.45) is 5.41 Å². The number of hydrogen-bond donors (Lipinski definition) is 1. The zero-order chi connectivity index (χ0) is 22.1. The van der Waals surface area contributed by atoms with Crippen LogP contribution in [0.25, 0.3) is 17.4 Å². The highest BCUT2D eigenvalue weighted by atomic mass is 16.1. The number of allylic oxidation sites excluding steroid dienone is 1. The summed E-state index contributed by atoms with van der Waals surface area (Å²) in [5.41, 5.74) is 6.66. The van der Waals surface area contributed by atoms with Crippen molar-refractivity contribution in [3.8, 4) is 0 Å². The van der Waals surface area contributed by atoms with Crippen molar-refractivity contribution < 1.29 is 4.79 Å². The number of fused-ring (bicyclic) bond motifs is 1. The smallest absolute Gasteiger partial charge is 0.270 e. The number of amides is 1. The van der Waals surface area contributed by atoms with E-state index in [9.17, 15) is 4.79 Å². The Bertz CT molecular complexity index is 1130. The van der Waals surface area contributed by atoms with Gasteiger partial charge in [-0.2, -0.15) is 0 Å². The monoisotopic (exact) mass is 402 g/mol. The van der Waals surface area contributed by atoms with Crippen molar-refractivity contribution in [3.63, 3.8) is 0 Å².